The van der Waals surface area contributed by atoms with Gasteiger partial charge < -0.3 is 0 Å². The predicted octanol–water partition coefficient (Wildman–Crippen LogP) is 3.39. The lowest BCUT2D eigenvalue weighted by molar-refractivity contribution is 0.287. The van der Waals surface area contributed by atoms with Crippen molar-refractivity contribution >= 4 is 0 Å². The third kappa shape index (κ3) is 0.816. The Bertz CT molecular complexity index is 198. The van der Waals surface area contributed by atoms with Crippen molar-refractivity contribution in [3.63, 3.8) is 0 Å². The minimum absolute atomic E-state index is 0.539. The molecule has 0 aliphatic heterocycles. The van der Waals surface area contributed by atoms with Crippen LogP contribution in [0, 0.1) is 17.3 Å². The zero-order valence-electron chi connectivity index (χ0n) is 7.85. The molecule has 0 spiro atoms. The minimum Gasteiger partial charge on any atom is -0.0876 e. The normalized spacial score (nSPS) is 43.7. The van der Waals surface area contributed by atoms with Crippen molar-refractivity contribution in [2.75, 3.05) is 0 Å². The molecule has 2 aliphatic rings. The van der Waals surface area contributed by atoms with Gasteiger partial charge >= 0.3 is 0 Å². The van der Waals surface area contributed by atoms with E-state index in [-0.39, 0.29) is 0 Å². The highest BCUT2D eigenvalue weighted by Gasteiger charge is 2.48. The Labute approximate surface area is 69.7 Å². The second kappa shape index (κ2) is 2.12. The van der Waals surface area contributed by atoms with E-state index < -0.39 is 0 Å². The molecule has 0 N–H and O–H groups in total. The number of hydrogen-bond acceptors (Lipinski definition) is 0. The van der Waals surface area contributed by atoms with Crippen LogP contribution in [0.15, 0.2) is 11.6 Å². The summed E-state index contributed by atoms with van der Waals surface area (Å²) >= 11 is 0. The van der Waals surface area contributed by atoms with E-state index >= 15 is 0 Å². The summed E-state index contributed by atoms with van der Waals surface area (Å²) in [6.07, 6.45) is 6.79. The Kier molecular flexibility index (Phi) is 1.42. The molecule has 0 aromatic rings. The average molecular weight is 150 g/mol. The molecule has 2 unspecified atom stereocenters. The van der Waals surface area contributed by atoms with Gasteiger partial charge in [0.2, 0.25) is 0 Å². The summed E-state index contributed by atoms with van der Waals surface area (Å²) in [6, 6.07) is 0. The molecule has 2 fully saturated rings. The lowest BCUT2D eigenvalue weighted by atomic mass is 9.73. The van der Waals surface area contributed by atoms with Gasteiger partial charge in [-0.05, 0) is 43.4 Å². The van der Waals surface area contributed by atoms with Gasteiger partial charge in [-0.15, -0.1) is 0 Å². The van der Waals surface area contributed by atoms with E-state index in [1.165, 1.54) is 19.3 Å². The van der Waals surface area contributed by atoms with Crippen molar-refractivity contribution < 1.29 is 0 Å². The standard InChI is InChI=1S/C11H18/c1-4-10-8-5-6-9(7-8)11(10,2)3/h4,8-9H,5-7H2,1-3H3/b10-4+. The lowest BCUT2D eigenvalue weighted by Crippen LogP contribution is -2.22. The van der Waals surface area contributed by atoms with Gasteiger partial charge in [0, 0.05) is 0 Å². The first-order valence-electron chi connectivity index (χ1n) is 4.83. The summed E-state index contributed by atoms with van der Waals surface area (Å²) in [6.45, 7) is 7.05. The largest absolute Gasteiger partial charge is 0.0876 e. The first kappa shape index (κ1) is 7.39. The van der Waals surface area contributed by atoms with Crippen molar-refractivity contribution in [2.45, 2.75) is 40.0 Å². The van der Waals surface area contributed by atoms with Crippen LogP contribution >= 0.6 is 0 Å². The number of fused-ring (bicyclic) bond motifs is 2. The molecule has 0 heteroatoms. The van der Waals surface area contributed by atoms with Crippen LogP contribution in [-0.2, 0) is 0 Å². The van der Waals surface area contributed by atoms with Gasteiger partial charge in [-0.2, -0.15) is 0 Å². The Morgan fingerprint density at radius 1 is 1.36 bits per heavy atom. The van der Waals surface area contributed by atoms with Crippen LogP contribution in [-0.4, -0.2) is 0 Å². The Morgan fingerprint density at radius 3 is 2.45 bits per heavy atom. The highest BCUT2D eigenvalue weighted by Crippen LogP contribution is 2.58. The molecule has 2 rings (SSSR count). The third-order valence-corrected chi connectivity index (χ3v) is 3.95. The summed E-state index contributed by atoms with van der Waals surface area (Å²) in [5.41, 5.74) is 2.28. The maximum absolute atomic E-state index is 2.42. The molecule has 0 radical (unpaired) electrons. The maximum Gasteiger partial charge on any atom is -0.0114 e. The van der Waals surface area contributed by atoms with Crippen LogP contribution in [0.3, 0.4) is 0 Å². The summed E-state index contributed by atoms with van der Waals surface area (Å²) in [5, 5.41) is 0. The fourth-order valence-corrected chi connectivity index (χ4v) is 3.29. The van der Waals surface area contributed by atoms with Crippen molar-refractivity contribution in [3.8, 4) is 0 Å². The highest BCUT2D eigenvalue weighted by molar-refractivity contribution is 5.25. The van der Waals surface area contributed by atoms with Crippen molar-refractivity contribution in [3.05, 3.63) is 11.6 Å². The molecule has 0 aromatic heterocycles. The molecule has 0 heterocycles. The van der Waals surface area contributed by atoms with Crippen molar-refractivity contribution in [1.29, 1.82) is 0 Å². The average Bonchev–Trinajstić information content (AvgIpc) is 2.44. The summed E-state index contributed by atoms with van der Waals surface area (Å²) in [7, 11) is 0. The van der Waals surface area contributed by atoms with E-state index in [0.29, 0.717) is 5.41 Å². The monoisotopic (exact) mass is 150 g/mol. The second-order valence-electron chi connectivity index (χ2n) is 4.67. The molecular formula is C11H18. The van der Waals surface area contributed by atoms with Gasteiger partial charge in [0.15, 0.2) is 0 Å². The van der Waals surface area contributed by atoms with E-state index in [1.807, 2.05) is 0 Å². The van der Waals surface area contributed by atoms with E-state index in [1.54, 1.807) is 5.57 Å². The molecule has 2 aliphatic carbocycles. The Morgan fingerprint density at radius 2 is 2.09 bits per heavy atom. The summed E-state index contributed by atoms with van der Waals surface area (Å²) in [4.78, 5) is 0. The highest BCUT2D eigenvalue weighted by atomic mass is 14.5. The molecule has 0 aromatic carbocycles. The van der Waals surface area contributed by atoms with Gasteiger partial charge in [-0.1, -0.05) is 25.5 Å². The van der Waals surface area contributed by atoms with Crippen LogP contribution in [0.25, 0.3) is 0 Å². The molecule has 2 atom stereocenters. The number of allylic oxidation sites excluding steroid dienone is 2. The van der Waals surface area contributed by atoms with Gasteiger partial charge in [0.25, 0.3) is 0 Å². The van der Waals surface area contributed by atoms with Crippen LogP contribution in [0.2, 0.25) is 0 Å². The molecular weight excluding hydrogens is 132 g/mol. The molecule has 0 amide bonds. The molecule has 0 saturated heterocycles. The van der Waals surface area contributed by atoms with Crippen LogP contribution in [0.4, 0.5) is 0 Å². The smallest absolute Gasteiger partial charge is 0.0114 e. The third-order valence-electron chi connectivity index (χ3n) is 3.95. The first-order chi connectivity index (χ1) is 5.16. The first-order valence-corrected chi connectivity index (χ1v) is 4.83. The number of hydrogen-bond donors (Lipinski definition) is 0. The maximum atomic E-state index is 2.42. The van der Waals surface area contributed by atoms with E-state index in [0.717, 1.165) is 11.8 Å². The SMILES string of the molecule is C/C=C1\C2CCC(C2)C1(C)C. The molecule has 0 nitrogen and oxygen atoms in total. The molecule has 2 saturated carbocycles. The molecule has 11 heavy (non-hydrogen) atoms. The van der Waals surface area contributed by atoms with Gasteiger partial charge in [0.05, 0.1) is 0 Å². The summed E-state index contributed by atoms with van der Waals surface area (Å²) in [5.74, 6) is 1.96. The summed E-state index contributed by atoms with van der Waals surface area (Å²) < 4.78 is 0. The van der Waals surface area contributed by atoms with E-state index in [9.17, 15) is 0 Å². The Balaban J connectivity index is 2.36. The van der Waals surface area contributed by atoms with E-state index in [2.05, 4.69) is 26.8 Å². The number of rotatable bonds is 0. The fraction of sp³-hybridized carbons (Fsp3) is 0.818. The van der Waals surface area contributed by atoms with Gasteiger partial charge in [-0.3, -0.25) is 0 Å². The molecule has 2 bridgehead atoms. The fourth-order valence-electron chi connectivity index (χ4n) is 3.29. The zero-order chi connectivity index (χ0) is 8.06. The van der Waals surface area contributed by atoms with E-state index in [4.69, 9.17) is 0 Å². The van der Waals surface area contributed by atoms with Crippen molar-refractivity contribution in [2.24, 2.45) is 17.3 Å². The van der Waals surface area contributed by atoms with Gasteiger partial charge in [-0.25, -0.2) is 0 Å². The zero-order valence-corrected chi connectivity index (χ0v) is 7.85. The minimum atomic E-state index is 0.539. The van der Waals surface area contributed by atoms with Crippen LogP contribution in [0.1, 0.15) is 40.0 Å². The Hall–Kier alpha value is -0.260. The van der Waals surface area contributed by atoms with Gasteiger partial charge in [0.1, 0.15) is 0 Å². The van der Waals surface area contributed by atoms with Crippen molar-refractivity contribution in [1.82, 2.24) is 0 Å². The van der Waals surface area contributed by atoms with Crippen LogP contribution in [0.5, 0.6) is 0 Å². The second-order valence-corrected chi connectivity index (χ2v) is 4.67. The topological polar surface area (TPSA) is 0 Å². The lowest BCUT2D eigenvalue weighted by Gasteiger charge is -2.32. The quantitative estimate of drug-likeness (QED) is 0.464. The predicted molar refractivity (Wildman–Crippen MR) is 48.4 cm³/mol. The molecule has 62 valence electrons. The van der Waals surface area contributed by atoms with Crippen LogP contribution < -0.4 is 0 Å².